The number of rotatable bonds is 3. The molecule has 1 N–H and O–H groups in total. The molecule has 110 valence electrons. The third-order valence-corrected chi connectivity index (χ3v) is 4.43. The molecule has 1 aromatic heterocycles. The summed E-state index contributed by atoms with van der Waals surface area (Å²) in [5.41, 5.74) is 2.90. The zero-order valence-corrected chi connectivity index (χ0v) is 12.1. The molecule has 2 fully saturated rings. The summed E-state index contributed by atoms with van der Waals surface area (Å²) in [4.78, 5) is 16.9. The molecule has 21 heavy (non-hydrogen) atoms. The molecule has 0 spiro atoms. The SMILES string of the molecule is Cn1c(C2CC2)nc2cc(NC(=O)[C@@H]3CCOC3)ccc21. The van der Waals surface area contributed by atoms with Gasteiger partial charge in [0.2, 0.25) is 5.91 Å². The fraction of sp³-hybridized carbons (Fsp3) is 0.500. The van der Waals surface area contributed by atoms with E-state index in [4.69, 9.17) is 9.72 Å². The number of carbonyl (C=O) groups excluding carboxylic acids is 1. The van der Waals surface area contributed by atoms with Gasteiger partial charge in [0.25, 0.3) is 0 Å². The van der Waals surface area contributed by atoms with Gasteiger partial charge in [-0.3, -0.25) is 4.79 Å². The first-order valence-electron chi connectivity index (χ1n) is 7.57. The van der Waals surface area contributed by atoms with Crippen LogP contribution in [0.25, 0.3) is 11.0 Å². The van der Waals surface area contributed by atoms with E-state index in [1.165, 1.54) is 12.8 Å². The minimum absolute atomic E-state index is 0.0218. The average molecular weight is 285 g/mol. The summed E-state index contributed by atoms with van der Waals surface area (Å²) >= 11 is 0. The fourth-order valence-corrected chi connectivity index (χ4v) is 2.99. The molecule has 1 atom stereocenters. The molecule has 0 radical (unpaired) electrons. The van der Waals surface area contributed by atoms with Crippen molar-refractivity contribution in [1.82, 2.24) is 9.55 Å². The van der Waals surface area contributed by atoms with Crippen molar-refractivity contribution in [1.29, 1.82) is 0 Å². The molecule has 1 aliphatic heterocycles. The third-order valence-electron chi connectivity index (χ3n) is 4.43. The van der Waals surface area contributed by atoms with Crippen LogP contribution >= 0.6 is 0 Å². The highest BCUT2D eigenvalue weighted by molar-refractivity contribution is 5.94. The molecule has 1 amide bonds. The summed E-state index contributed by atoms with van der Waals surface area (Å²) in [6.45, 7) is 1.21. The maximum absolute atomic E-state index is 12.1. The van der Waals surface area contributed by atoms with E-state index in [1.54, 1.807) is 0 Å². The van der Waals surface area contributed by atoms with Crippen molar-refractivity contribution in [2.75, 3.05) is 18.5 Å². The lowest BCUT2D eigenvalue weighted by Crippen LogP contribution is -2.22. The second kappa shape index (κ2) is 4.84. The second-order valence-corrected chi connectivity index (χ2v) is 6.06. The largest absolute Gasteiger partial charge is 0.381 e. The quantitative estimate of drug-likeness (QED) is 0.942. The number of nitrogens with one attached hydrogen (secondary N) is 1. The number of aryl methyl sites for hydroxylation is 1. The van der Waals surface area contributed by atoms with Crippen molar-refractivity contribution in [3.63, 3.8) is 0 Å². The Morgan fingerprint density at radius 1 is 1.38 bits per heavy atom. The van der Waals surface area contributed by atoms with Crippen molar-refractivity contribution in [2.24, 2.45) is 13.0 Å². The van der Waals surface area contributed by atoms with Gasteiger partial charge in [0, 0.05) is 25.3 Å². The van der Waals surface area contributed by atoms with Crippen LogP contribution in [-0.4, -0.2) is 28.7 Å². The highest BCUT2D eigenvalue weighted by Gasteiger charge is 2.28. The second-order valence-electron chi connectivity index (χ2n) is 6.06. The minimum Gasteiger partial charge on any atom is -0.381 e. The standard InChI is InChI=1S/C16H19N3O2/c1-19-14-5-4-12(17-16(20)11-6-7-21-9-11)8-13(14)18-15(19)10-2-3-10/h4-5,8,10-11H,2-3,6-7,9H2,1H3,(H,17,20)/t11-/m1/s1. The van der Waals surface area contributed by atoms with Gasteiger partial charge in [-0.2, -0.15) is 0 Å². The summed E-state index contributed by atoms with van der Waals surface area (Å²) in [7, 11) is 2.07. The number of imidazole rings is 1. The van der Waals surface area contributed by atoms with Crippen LogP contribution in [0.2, 0.25) is 0 Å². The lowest BCUT2D eigenvalue weighted by Gasteiger charge is -2.09. The number of carbonyl (C=O) groups is 1. The average Bonchev–Trinajstić information content (AvgIpc) is 3.06. The number of anilines is 1. The van der Waals surface area contributed by atoms with Crippen LogP contribution in [0.3, 0.4) is 0 Å². The number of benzene rings is 1. The van der Waals surface area contributed by atoms with Crippen LogP contribution in [0, 0.1) is 5.92 Å². The third kappa shape index (κ3) is 2.31. The Morgan fingerprint density at radius 3 is 2.95 bits per heavy atom. The van der Waals surface area contributed by atoms with Gasteiger partial charge in [-0.25, -0.2) is 4.98 Å². The van der Waals surface area contributed by atoms with Gasteiger partial charge in [0.05, 0.1) is 23.6 Å². The zero-order chi connectivity index (χ0) is 14.4. The van der Waals surface area contributed by atoms with Crippen LogP contribution in [0.15, 0.2) is 18.2 Å². The molecular formula is C16H19N3O2. The van der Waals surface area contributed by atoms with Gasteiger partial charge < -0.3 is 14.6 Å². The summed E-state index contributed by atoms with van der Waals surface area (Å²) in [6.07, 6.45) is 3.29. The fourth-order valence-electron chi connectivity index (χ4n) is 2.99. The molecule has 2 aliphatic rings. The molecule has 5 heteroatoms. The van der Waals surface area contributed by atoms with E-state index in [1.807, 2.05) is 18.2 Å². The van der Waals surface area contributed by atoms with Crippen LogP contribution in [0.5, 0.6) is 0 Å². The molecule has 2 aromatic rings. The molecule has 2 heterocycles. The van der Waals surface area contributed by atoms with Crippen molar-refractivity contribution in [3.05, 3.63) is 24.0 Å². The minimum atomic E-state index is -0.0218. The topological polar surface area (TPSA) is 56.2 Å². The van der Waals surface area contributed by atoms with Gasteiger partial charge in [-0.05, 0) is 37.5 Å². The maximum atomic E-state index is 12.1. The smallest absolute Gasteiger partial charge is 0.229 e. The van der Waals surface area contributed by atoms with Crippen LogP contribution in [0.1, 0.15) is 31.0 Å². The zero-order valence-electron chi connectivity index (χ0n) is 12.1. The molecular weight excluding hydrogens is 266 g/mol. The van der Waals surface area contributed by atoms with E-state index in [0.717, 1.165) is 29.0 Å². The van der Waals surface area contributed by atoms with Crippen LogP contribution in [0.4, 0.5) is 5.69 Å². The van der Waals surface area contributed by atoms with E-state index in [9.17, 15) is 4.79 Å². The van der Waals surface area contributed by atoms with E-state index in [0.29, 0.717) is 19.1 Å². The van der Waals surface area contributed by atoms with Gasteiger partial charge in [-0.1, -0.05) is 0 Å². The van der Waals surface area contributed by atoms with Crippen molar-refractivity contribution in [2.45, 2.75) is 25.2 Å². The number of ether oxygens (including phenoxy) is 1. The predicted octanol–water partition coefficient (Wildman–Crippen LogP) is 2.43. The Morgan fingerprint density at radius 2 is 2.24 bits per heavy atom. The molecule has 5 nitrogen and oxygen atoms in total. The first kappa shape index (κ1) is 12.8. The Bertz CT molecular complexity index is 697. The number of aromatic nitrogens is 2. The van der Waals surface area contributed by atoms with E-state index in [-0.39, 0.29) is 11.8 Å². The normalized spacial score (nSPS) is 21.9. The summed E-state index contributed by atoms with van der Waals surface area (Å²) in [5, 5.41) is 2.98. The Hall–Kier alpha value is -1.88. The highest BCUT2D eigenvalue weighted by atomic mass is 16.5. The Balaban J connectivity index is 1.59. The molecule has 0 unspecified atom stereocenters. The molecule has 0 bridgehead atoms. The summed E-state index contributed by atoms with van der Waals surface area (Å²) < 4.78 is 7.43. The number of fused-ring (bicyclic) bond motifs is 1. The van der Waals surface area contributed by atoms with Crippen molar-refractivity contribution < 1.29 is 9.53 Å². The maximum Gasteiger partial charge on any atom is 0.229 e. The number of hydrogen-bond acceptors (Lipinski definition) is 3. The van der Waals surface area contributed by atoms with Crippen molar-refractivity contribution in [3.8, 4) is 0 Å². The van der Waals surface area contributed by atoms with Crippen LogP contribution in [-0.2, 0) is 16.6 Å². The lowest BCUT2D eigenvalue weighted by atomic mass is 10.1. The number of nitrogens with zero attached hydrogens (tertiary/aromatic N) is 2. The summed E-state index contributed by atoms with van der Waals surface area (Å²) in [6, 6.07) is 5.96. The van der Waals surface area contributed by atoms with Crippen LogP contribution < -0.4 is 5.32 Å². The van der Waals surface area contributed by atoms with E-state index >= 15 is 0 Å². The van der Waals surface area contributed by atoms with Gasteiger partial charge in [0.15, 0.2) is 0 Å². The molecule has 4 rings (SSSR count). The number of hydrogen-bond donors (Lipinski definition) is 1. The molecule has 1 saturated heterocycles. The molecule has 1 aliphatic carbocycles. The first-order chi connectivity index (χ1) is 10.2. The lowest BCUT2D eigenvalue weighted by molar-refractivity contribution is -0.119. The van der Waals surface area contributed by atoms with Gasteiger partial charge in [-0.15, -0.1) is 0 Å². The Kier molecular flexibility index (Phi) is 2.96. The van der Waals surface area contributed by atoms with Crippen molar-refractivity contribution >= 4 is 22.6 Å². The predicted molar refractivity (Wildman–Crippen MR) is 80.2 cm³/mol. The van der Waals surface area contributed by atoms with E-state index in [2.05, 4.69) is 16.9 Å². The van der Waals surface area contributed by atoms with E-state index < -0.39 is 0 Å². The van der Waals surface area contributed by atoms with Gasteiger partial charge in [0.1, 0.15) is 5.82 Å². The first-order valence-corrected chi connectivity index (χ1v) is 7.57. The molecule has 1 aromatic carbocycles. The summed E-state index contributed by atoms with van der Waals surface area (Å²) in [5.74, 6) is 1.81. The highest BCUT2D eigenvalue weighted by Crippen LogP contribution is 2.40. The molecule has 1 saturated carbocycles. The monoisotopic (exact) mass is 285 g/mol. The van der Waals surface area contributed by atoms with Gasteiger partial charge >= 0.3 is 0 Å². The number of amides is 1. The Labute approximate surface area is 123 Å².